The Kier molecular flexibility index (Phi) is 9.65. The van der Waals surface area contributed by atoms with Gasteiger partial charge in [-0.05, 0) is 114 Å². The molecule has 0 aliphatic heterocycles. The van der Waals surface area contributed by atoms with Crippen LogP contribution in [0.5, 0.6) is 0 Å². The van der Waals surface area contributed by atoms with E-state index < -0.39 is 0 Å². The van der Waals surface area contributed by atoms with Gasteiger partial charge in [0.2, 0.25) is 0 Å². The summed E-state index contributed by atoms with van der Waals surface area (Å²) >= 11 is 3.31. The van der Waals surface area contributed by atoms with E-state index in [0.717, 1.165) is 4.47 Å². The molecule has 2 aromatic heterocycles. The second-order valence-electron chi connectivity index (χ2n) is 20.7. The Balaban J connectivity index is 0.000000116. The Labute approximate surface area is 455 Å². The van der Waals surface area contributed by atoms with Crippen molar-refractivity contribution in [3.63, 3.8) is 0 Å². The molecule has 1 N–H and O–H groups in total. The molecule has 77 heavy (non-hydrogen) atoms. The lowest BCUT2D eigenvalue weighted by molar-refractivity contribution is 0.794. The quantitative estimate of drug-likeness (QED) is 0.169. The van der Waals surface area contributed by atoms with E-state index >= 15 is 0 Å². The van der Waals surface area contributed by atoms with Crippen LogP contribution >= 0.6 is 15.9 Å². The second-order valence-corrected chi connectivity index (χ2v) is 21.6. The Morgan fingerprint density at radius 2 is 0.675 bits per heavy atom. The second kappa shape index (κ2) is 16.9. The zero-order chi connectivity index (χ0) is 50.8. The van der Waals surface area contributed by atoms with Crippen molar-refractivity contribution >= 4 is 59.5 Å². The summed E-state index contributed by atoms with van der Waals surface area (Å²) in [6.07, 6.45) is 0. The highest BCUT2D eigenvalue weighted by atomic mass is 79.9. The first-order valence-corrected chi connectivity index (χ1v) is 27.4. The maximum Gasteiger partial charge on any atom is 0.0726 e. The fourth-order valence-electron chi connectivity index (χ4n) is 14.4. The minimum absolute atomic E-state index is 0.273. The zero-order valence-electron chi connectivity index (χ0n) is 41.9. The average molecular weight is 1040 g/mol. The number of benzene rings is 12. The van der Waals surface area contributed by atoms with Gasteiger partial charge in [0.15, 0.2) is 0 Å². The predicted octanol–water partition coefficient (Wildman–Crippen LogP) is 19.2. The Hall–Kier alpha value is -9.28. The van der Waals surface area contributed by atoms with Gasteiger partial charge in [-0.15, -0.1) is 0 Å². The van der Waals surface area contributed by atoms with Gasteiger partial charge in [-0.3, -0.25) is 0 Å². The van der Waals surface area contributed by atoms with Crippen molar-refractivity contribution in [3.05, 3.63) is 328 Å². The summed E-state index contributed by atoms with van der Waals surface area (Å²) in [6.45, 7) is 0. The number of hydrogen-bond acceptors (Lipinski definition) is 0. The number of H-pyrrole nitrogens is 1. The van der Waals surface area contributed by atoms with Crippen LogP contribution in [-0.2, 0) is 10.8 Å². The van der Waals surface area contributed by atoms with E-state index in [1.165, 1.54) is 138 Å². The van der Waals surface area contributed by atoms with Crippen molar-refractivity contribution in [2.24, 2.45) is 0 Å². The molecule has 18 rings (SSSR count). The molecule has 0 amide bonds. The lowest BCUT2D eigenvalue weighted by Gasteiger charge is -2.30. The number of hydrogen-bond donors (Lipinski definition) is 1. The summed E-state index contributed by atoms with van der Waals surface area (Å²) in [4.78, 5) is 3.77. The molecule has 0 bridgehead atoms. The number of aromatic amines is 1. The molecular formula is C74H47BrN2. The van der Waals surface area contributed by atoms with E-state index in [4.69, 9.17) is 0 Å². The number of fused-ring (bicyclic) bond motifs is 28. The number of halogens is 1. The zero-order valence-corrected chi connectivity index (χ0v) is 43.5. The molecular weight excluding hydrogens is 997 g/mol. The molecule has 0 unspecified atom stereocenters. The lowest BCUT2D eigenvalue weighted by atomic mass is 9.70. The van der Waals surface area contributed by atoms with Crippen molar-refractivity contribution in [1.29, 1.82) is 0 Å². The molecule has 14 aromatic rings. The summed E-state index contributed by atoms with van der Waals surface area (Å²) < 4.78 is 3.61. The van der Waals surface area contributed by atoms with Crippen LogP contribution in [0.4, 0.5) is 0 Å². The van der Waals surface area contributed by atoms with Crippen LogP contribution in [0.2, 0.25) is 0 Å². The highest BCUT2D eigenvalue weighted by Crippen LogP contribution is 2.66. The van der Waals surface area contributed by atoms with Crippen LogP contribution < -0.4 is 0 Å². The first-order chi connectivity index (χ1) is 38.2. The minimum Gasteiger partial charge on any atom is -0.354 e. The fraction of sp³-hybridized carbons (Fsp3) is 0.0270. The molecule has 2 spiro atoms. The molecule has 360 valence electrons. The first kappa shape index (κ1) is 44.1. The molecule has 0 saturated heterocycles. The van der Waals surface area contributed by atoms with E-state index in [0.29, 0.717) is 0 Å². The van der Waals surface area contributed by atoms with Gasteiger partial charge >= 0.3 is 0 Å². The normalized spacial score (nSPS) is 13.7. The largest absolute Gasteiger partial charge is 0.354 e. The van der Waals surface area contributed by atoms with Gasteiger partial charge in [0.05, 0.1) is 27.4 Å². The van der Waals surface area contributed by atoms with Crippen molar-refractivity contribution in [1.82, 2.24) is 9.55 Å². The van der Waals surface area contributed by atoms with Gasteiger partial charge in [0.25, 0.3) is 0 Å². The number of rotatable bonds is 1. The van der Waals surface area contributed by atoms with Crippen LogP contribution in [0.25, 0.3) is 93.8 Å². The minimum atomic E-state index is -0.328. The summed E-state index contributed by atoms with van der Waals surface area (Å²) in [6, 6.07) is 102. The molecule has 0 atom stereocenters. The van der Waals surface area contributed by atoms with Crippen LogP contribution in [0, 0.1) is 0 Å². The predicted molar refractivity (Wildman–Crippen MR) is 323 cm³/mol. The maximum absolute atomic E-state index is 3.77. The molecule has 4 aliphatic carbocycles. The molecule has 0 saturated carbocycles. The van der Waals surface area contributed by atoms with E-state index in [1.807, 2.05) is 30.3 Å². The highest BCUT2D eigenvalue weighted by molar-refractivity contribution is 9.10. The van der Waals surface area contributed by atoms with E-state index in [2.05, 4.69) is 274 Å². The van der Waals surface area contributed by atoms with Gasteiger partial charge in [0, 0.05) is 48.3 Å². The van der Waals surface area contributed by atoms with Crippen LogP contribution in [-0.4, -0.2) is 9.55 Å². The number of para-hydroxylation sites is 3. The summed E-state index contributed by atoms with van der Waals surface area (Å²) in [5.41, 5.74) is 27.4. The summed E-state index contributed by atoms with van der Waals surface area (Å²) in [5.74, 6) is 0. The van der Waals surface area contributed by atoms with Gasteiger partial charge in [-0.2, -0.15) is 0 Å². The third-order valence-electron chi connectivity index (χ3n) is 17.2. The Morgan fingerprint density at radius 3 is 1.19 bits per heavy atom. The summed E-state index contributed by atoms with van der Waals surface area (Å²) in [5, 5.41) is 5.18. The molecule has 2 nitrogen and oxygen atoms in total. The van der Waals surface area contributed by atoms with E-state index in [9.17, 15) is 0 Å². The van der Waals surface area contributed by atoms with Crippen molar-refractivity contribution in [2.75, 3.05) is 0 Å². The monoisotopic (exact) mass is 1040 g/mol. The van der Waals surface area contributed by atoms with Crippen LogP contribution in [0.15, 0.2) is 284 Å². The lowest BCUT2D eigenvalue weighted by Crippen LogP contribution is -2.25. The van der Waals surface area contributed by atoms with Crippen LogP contribution in [0.3, 0.4) is 0 Å². The topological polar surface area (TPSA) is 20.7 Å². The molecule has 12 aromatic carbocycles. The third-order valence-corrected chi connectivity index (χ3v) is 17.7. The van der Waals surface area contributed by atoms with Gasteiger partial charge < -0.3 is 9.55 Å². The molecule has 0 fully saturated rings. The molecule has 0 radical (unpaired) electrons. The van der Waals surface area contributed by atoms with Gasteiger partial charge in [0.1, 0.15) is 0 Å². The fourth-order valence-corrected chi connectivity index (χ4v) is 14.7. The van der Waals surface area contributed by atoms with Gasteiger partial charge in [-0.1, -0.05) is 259 Å². The number of aromatic nitrogens is 2. The smallest absolute Gasteiger partial charge is 0.0726 e. The van der Waals surface area contributed by atoms with Crippen molar-refractivity contribution in [3.8, 4) is 50.2 Å². The van der Waals surface area contributed by atoms with E-state index in [1.54, 1.807) is 0 Å². The SMILES string of the molecule is Brc1ccccc1.c1ccc(-n2c3ccccc3c3ccc4c(c32)-c2ccccc2C42c3ccccc3-c3ccccc32)cc1.c1ccc2c(c1)-c1ccccc1C21c2ccccc2-c2c1ccc1c2[nH]c2ccccc21. The first-order valence-electron chi connectivity index (χ1n) is 26.6. The van der Waals surface area contributed by atoms with E-state index in [-0.39, 0.29) is 10.8 Å². The number of nitrogens with zero attached hydrogens (tertiary/aromatic N) is 1. The molecule has 3 heteroatoms. The van der Waals surface area contributed by atoms with Crippen LogP contribution in [0.1, 0.15) is 44.5 Å². The maximum atomic E-state index is 3.77. The van der Waals surface area contributed by atoms with Crippen molar-refractivity contribution in [2.45, 2.75) is 10.8 Å². The standard InChI is InChI=1S/C37H23N.C31H19N.C6H5Br/c1-2-12-24(13-3-1)38-34-21-11-7-16-27(34)28-22-23-33-35(36(28)38)29-17-6-10-20-32(29)37(33)30-18-8-4-14-25(30)26-15-5-9-19-31(26)37;1-5-13-24-19(9-1)20-10-2-6-14-25(20)31(24)26-15-7-3-12-23(26)29-27(31)18-17-22-21-11-4-8-16-28(21)32-30(22)29;7-6-4-2-1-3-5-6/h1-23H;1-18,32H;1-5H. The average Bonchev–Trinajstić information content (AvgIpc) is 4.11. The number of nitrogens with one attached hydrogen (secondary N) is 1. The van der Waals surface area contributed by atoms with Crippen molar-refractivity contribution < 1.29 is 0 Å². The Morgan fingerprint density at radius 1 is 0.286 bits per heavy atom. The van der Waals surface area contributed by atoms with Gasteiger partial charge in [-0.25, -0.2) is 0 Å². The molecule has 2 heterocycles. The Bertz CT molecular complexity index is 4620. The summed E-state index contributed by atoms with van der Waals surface area (Å²) in [7, 11) is 0. The third kappa shape index (κ3) is 5.95. The molecule has 4 aliphatic rings. The highest BCUT2D eigenvalue weighted by Gasteiger charge is 2.53.